The van der Waals surface area contributed by atoms with Crippen LogP contribution in [-0.4, -0.2) is 47.7 Å². The van der Waals surface area contributed by atoms with E-state index in [-0.39, 0.29) is 11.3 Å². The summed E-state index contributed by atoms with van der Waals surface area (Å²) in [6, 6.07) is 7.68. The number of amides is 1. The molecule has 1 aliphatic rings. The molecule has 0 radical (unpaired) electrons. The number of carbonyl (C=O) groups is 1. The summed E-state index contributed by atoms with van der Waals surface area (Å²) in [5.74, 6) is 1.82. The van der Waals surface area contributed by atoms with Crippen molar-refractivity contribution in [2.45, 2.75) is 38.8 Å². The van der Waals surface area contributed by atoms with Crippen LogP contribution >= 0.6 is 0 Å². The standard InChI is InChI=1S/C18H24N4O3/c1-18(2,3)17-19-15(20-25-17)11-22-10-14(16(23)21(4)5)24-13-9-7-6-8-12(13)22/h6-9,14H,10-11H2,1-5H3/t14-/m1/s1. The average Bonchev–Trinajstić information content (AvgIpc) is 3.02. The lowest BCUT2D eigenvalue weighted by Crippen LogP contribution is -2.48. The van der Waals surface area contributed by atoms with E-state index >= 15 is 0 Å². The molecule has 1 aromatic carbocycles. The Kier molecular flexibility index (Phi) is 4.41. The van der Waals surface area contributed by atoms with Gasteiger partial charge in [-0.3, -0.25) is 4.79 Å². The van der Waals surface area contributed by atoms with E-state index in [9.17, 15) is 4.79 Å². The monoisotopic (exact) mass is 344 g/mol. The minimum Gasteiger partial charge on any atom is -0.477 e. The smallest absolute Gasteiger partial charge is 0.265 e. The van der Waals surface area contributed by atoms with E-state index in [0.717, 1.165) is 5.69 Å². The van der Waals surface area contributed by atoms with Gasteiger partial charge in [-0.2, -0.15) is 4.98 Å². The molecule has 0 saturated heterocycles. The van der Waals surface area contributed by atoms with Crippen molar-refractivity contribution >= 4 is 11.6 Å². The minimum atomic E-state index is -0.557. The number of hydrogen-bond donors (Lipinski definition) is 0. The number of aromatic nitrogens is 2. The number of benzene rings is 1. The third kappa shape index (κ3) is 3.60. The molecule has 1 atom stereocenters. The van der Waals surface area contributed by atoms with Crippen molar-refractivity contribution in [3.8, 4) is 5.75 Å². The van der Waals surface area contributed by atoms with Crippen molar-refractivity contribution in [2.75, 3.05) is 25.5 Å². The Morgan fingerprint density at radius 1 is 1.32 bits per heavy atom. The molecule has 2 heterocycles. The van der Waals surface area contributed by atoms with Crippen LogP contribution in [0.15, 0.2) is 28.8 Å². The molecule has 7 nitrogen and oxygen atoms in total. The molecular formula is C18H24N4O3. The molecule has 25 heavy (non-hydrogen) atoms. The summed E-state index contributed by atoms with van der Waals surface area (Å²) in [4.78, 5) is 20.5. The van der Waals surface area contributed by atoms with Gasteiger partial charge in [-0.05, 0) is 12.1 Å². The van der Waals surface area contributed by atoms with Gasteiger partial charge in [0.1, 0.15) is 5.75 Å². The van der Waals surface area contributed by atoms with Gasteiger partial charge in [0.15, 0.2) is 11.9 Å². The van der Waals surface area contributed by atoms with Gasteiger partial charge < -0.3 is 19.1 Å². The second-order valence-corrected chi connectivity index (χ2v) is 7.45. The lowest BCUT2D eigenvalue weighted by Gasteiger charge is -2.35. The number of para-hydroxylation sites is 2. The van der Waals surface area contributed by atoms with E-state index in [1.54, 1.807) is 19.0 Å². The Labute approximate surface area is 147 Å². The van der Waals surface area contributed by atoms with Gasteiger partial charge in [0.2, 0.25) is 5.89 Å². The Bertz CT molecular complexity index is 764. The Morgan fingerprint density at radius 2 is 2.04 bits per heavy atom. The van der Waals surface area contributed by atoms with Gasteiger partial charge in [-0.1, -0.05) is 38.1 Å². The molecule has 7 heteroatoms. The molecule has 1 amide bonds. The quantitative estimate of drug-likeness (QED) is 0.850. The van der Waals surface area contributed by atoms with Crippen molar-refractivity contribution in [3.05, 3.63) is 36.0 Å². The van der Waals surface area contributed by atoms with E-state index in [4.69, 9.17) is 9.26 Å². The van der Waals surface area contributed by atoms with Gasteiger partial charge in [-0.15, -0.1) is 0 Å². The molecule has 1 aliphatic heterocycles. The van der Waals surface area contributed by atoms with Crippen LogP contribution in [0.5, 0.6) is 5.75 Å². The number of anilines is 1. The molecule has 0 bridgehead atoms. The van der Waals surface area contributed by atoms with E-state index in [2.05, 4.69) is 15.0 Å². The van der Waals surface area contributed by atoms with Crippen molar-refractivity contribution in [3.63, 3.8) is 0 Å². The normalized spacial score (nSPS) is 17.0. The molecule has 0 spiro atoms. The zero-order valence-corrected chi connectivity index (χ0v) is 15.3. The van der Waals surface area contributed by atoms with Crippen LogP contribution in [0.25, 0.3) is 0 Å². The predicted octanol–water partition coefficient (Wildman–Crippen LogP) is 2.22. The summed E-state index contributed by atoms with van der Waals surface area (Å²) in [6.45, 7) is 6.98. The van der Waals surface area contributed by atoms with E-state index < -0.39 is 6.10 Å². The van der Waals surface area contributed by atoms with Gasteiger partial charge in [-0.25, -0.2) is 0 Å². The minimum absolute atomic E-state index is 0.0667. The lowest BCUT2D eigenvalue weighted by atomic mass is 9.97. The van der Waals surface area contributed by atoms with Crippen LogP contribution in [-0.2, 0) is 16.8 Å². The van der Waals surface area contributed by atoms with Crippen LogP contribution in [0.2, 0.25) is 0 Å². The Hall–Kier alpha value is -2.57. The first-order chi connectivity index (χ1) is 11.8. The predicted molar refractivity (Wildman–Crippen MR) is 93.6 cm³/mol. The molecule has 0 unspecified atom stereocenters. The van der Waals surface area contributed by atoms with E-state index in [1.165, 1.54) is 0 Å². The number of fused-ring (bicyclic) bond motifs is 1. The fraction of sp³-hybridized carbons (Fsp3) is 0.500. The summed E-state index contributed by atoms with van der Waals surface area (Å²) >= 11 is 0. The van der Waals surface area contributed by atoms with Gasteiger partial charge in [0.05, 0.1) is 18.8 Å². The Balaban J connectivity index is 1.86. The highest BCUT2D eigenvalue weighted by atomic mass is 16.5. The fourth-order valence-corrected chi connectivity index (χ4v) is 2.67. The second-order valence-electron chi connectivity index (χ2n) is 7.45. The largest absolute Gasteiger partial charge is 0.477 e. The summed E-state index contributed by atoms with van der Waals surface area (Å²) in [6.07, 6.45) is -0.557. The van der Waals surface area contributed by atoms with Crippen molar-refractivity contribution in [2.24, 2.45) is 0 Å². The van der Waals surface area contributed by atoms with E-state index in [0.29, 0.717) is 30.6 Å². The highest BCUT2D eigenvalue weighted by molar-refractivity contribution is 5.83. The Morgan fingerprint density at radius 3 is 2.68 bits per heavy atom. The lowest BCUT2D eigenvalue weighted by molar-refractivity contribution is -0.136. The van der Waals surface area contributed by atoms with Crippen LogP contribution < -0.4 is 9.64 Å². The van der Waals surface area contributed by atoms with Crippen molar-refractivity contribution in [1.29, 1.82) is 0 Å². The summed E-state index contributed by atoms with van der Waals surface area (Å²) in [5, 5.41) is 4.09. The van der Waals surface area contributed by atoms with Gasteiger partial charge in [0.25, 0.3) is 5.91 Å². The van der Waals surface area contributed by atoms with E-state index in [1.807, 2.05) is 45.0 Å². The maximum atomic E-state index is 12.4. The molecule has 1 aromatic heterocycles. The summed E-state index contributed by atoms with van der Waals surface area (Å²) < 4.78 is 11.3. The highest BCUT2D eigenvalue weighted by Crippen LogP contribution is 2.34. The summed E-state index contributed by atoms with van der Waals surface area (Å²) in [5.41, 5.74) is 0.727. The molecule has 3 rings (SSSR count). The zero-order valence-electron chi connectivity index (χ0n) is 15.3. The first kappa shape index (κ1) is 17.3. The molecule has 134 valence electrons. The molecule has 0 N–H and O–H groups in total. The molecule has 0 fully saturated rings. The number of likely N-dealkylation sites (N-methyl/N-ethyl adjacent to an activating group) is 1. The van der Waals surface area contributed by atoms with Crippen LogP contribution in [0.3, 0.4) is 0 Å². The average molecular weight is 344 g/mol. The number of hydrogen-bond acceptors (Lipinski definition) is 6. The molecule has 0 aliphatic carbocycles. The van der Waals surface area contributed by atoms with Gasteiger partial charge in [0, 0.05) is 19.5 Å². The first-order valence-corrected chi connectivity index (χ1v) is 8.30. The zero-order chi connectivity index (χ0) is 18.2. The fourth-order valence-electron chi connectivity index (χ4n) is 2.67. The number of carbonyl (C=O) groups excluding carboxylic acids is 1. The molecular weight excluding hydrogens is 320 g/mol. The van der Waals surface area contributed by atoms with Crippen LogP contribution in [0.4, 0.5) is 5.69 Å². The molecule has 2 aromatic rings. The second kappa shape index (κ2) is 6.38. The highest BCUT2D eigenvalue weighted by Gasteiger charge is 2.32. The number of ether oxygens (including phenoxy) is 1. The third-order valence-electron chi connectivity index (χ3n) is 4.02. The van der Waals surface area contributed by atoms with Crippen molar-refractivity contribution in [1.82, 2.24) is 15.0 Å². The topological polar surface area (TPSA) is 71.7 Å². The molecule has 0 saturated carbocycles. The maximum absolute atomic E-state index is 12.4. The van der Waals surface area contributed by atoms with Crippen LogP contribution in [0.1, 0.15) is 32.5 Å². The SMILES string of the molecule is CN(C)C(=O)[C@H]1CN(Cc2noc(C(C)(C)C)n2)c2ccccc2O1. The van der Waals surface area contributed by atoms with Gasteiger partial charge >= 0.3 is 0 Å². The van der Waals surface area contributed by atoms with Crippen molar-refractivity contribution < 1.29 is 14.1 Å². The first-order valence-electron chi connectivity index (χ1n) is 8.30. The van der Waals surface area contributed by atoms with Crippen LogP contribution in [0, 0.1) is 0 Å². The number of nitrogens with zero attached hydrogens (tertiary/aromatic N) is 4. The summed E-state index contributed by atoms with van der Waals surface area (Å²) in [7, 11) is 3.46. The maximum Gasteiger partial charge on any atom is 0.265 e. The number of rotatable bonds is 3. The third-order valence-corrected chi connectivity index (χ3v) is 4.02.